The van der Waals surface area contributed by atoms with Crippen LogP contribution in [0, 0.1) is 11.6 Å². The Morgan fingerprint density at radius 2 is 1.18 bits per heavy atom. The number of carboxylic acid groups (broad SMARTS) is 1. The summed E-state index contributed by atoms with van der Waals surface area (Å²) in [5.41, 5.74) is -1.32. The first-order chi connectivity index (χ1) is 29.0. The molecule has 5 amide bonds. The van der Waals surface area contributed by atoms with Crippen LogP contribution in [0.4, 0.5) is 31.5 Å². The number of nitrogens with one attached hydrogen (secondary N) is 5. The summed E-state index contributed by atoms with van der Waals surface area (Å²) in [6.45, 7) is 0.986. The molecule has 9 N–H and O–H groups in total. The van der Waals surface area contributed by atoms with Crippen LogP contribution in [0.5, 0.6) is 28.7 Å². The Labute approximate surface area is 344 Å². The maximum absolute atomic E-state index is 15.2. The van der Waals surface area contributed by atoms with Gasteiger partial charge in [-0.1, -0.05) is 12.1 Å². The summed E-state index contributed by atoms with van der Waals surface area (Å²) in [6, 6.07) is 17.6. The van der Waals surface area contributed by atoms with E-state index in [1.807, 2.05) is 0 Å². The largest absolute Gasteiger partial charge is 0.508 e. The highest BCUT2D eigenvalue weighted by Crippen LogP contribution is 2.40. The molecule has 5 aromatic carbocycles. The van der Waals surface area contributed by atoms with E-state index in [4.69, 9.17) is 9.47 Å². The number of carboxylic acids is 1. The van der Waals surface area contributed by atoms with E-state index in [0.717, 1.165) is 38.5 Å². The van der Waals surface area contributed by atoms with Crippen LogP contribution in [0.3, 0.4) is 0 Å². The summed E-state index contributed by atoms with van der Waals surface area (Å²) in [6.07, 6.45) is 1.62. The Kier molecular flexibility index (Phi) is 13.5. The number of aromatic carboxylic acids is 1. The van der Waals surface area contributed by atoms with Crippen molar-refractivity contribution in [3.05, 3.63) is 130 Å². The molecular weight excluding hydrogens is 804 g/mol. The van der Waals surface area contributed by atoms with E-state index in [1.165, 1.54) is 36.4 Å². The lowest BCUT2D eigenvalue weighted by Crippen LogP contribution is -2.33. The van der Waals surface area contributed by atoms with Crippen LogP contribution >= 0.6 is 0 Å². The number of benzene rings is 5. The first-order valence-electron chi connectivity index (χ1n) is 17.6. The van der Waals surface area contributed by atoms with Crippen LogP contribution in [-0.2, 0) is 9.59 Å². The van der Waals surface area contributed by atoms with Crippen molar-refractivity contribution in [3.63, 3.8) is 0 Å². The van der Waals surface area contributed by atoms with Crippen LogP contribution in [0.15, 0.2) is 90.5 Å². The molecule has 0 aliphatic rings. The van der Waals surface area contributed by atoms with E-state index >= 15 is 8.78 Å². The number of phenols is 3. The molecule has 0 radical (unpaired) electrons. The number of rotatable bonds is 14. The first kappa shape index (κ1) is 43.6. The third kappa shape index (κ3) is 10.3. The number of carbonyl (C=O) groups excluding carboxylic acids is 5. The third-order valence-electron chi connectivity index (χ3n) is 8.64. The monoisotopic (exact) mass is 839 g/mol. The fourth-order valence-electron chi connectivity index (χ4n) is 5.63. The van der Waals surface area contributed by atoms with Gasteiger partial charge in [-0.3, -0.25) is 24.0 Å². The van der Waals surface area contributed by atoms with Crippen molar-refractivity contribution in [1.29, 1.82) is 0 Å². The Hall–Kier alpha value is -8.48. The van der Waals surface area contributed by atoms with Crippen molar-refractivity contribution in [1.82, 2.24) is 5.32 Å². The topological polar surface area (TPSA) is 262 Å². The van der Waals surface area contributed by atoms with Crippen LogP contribution in [0.1, 0.15) is 53.9 Å². The quantitative estimate of drug-likeness (QED) is 0.0609. The molecule has 0 aromatic heterocycles. The fraction of sp³-hybridized carbons (Fsp3) is 0.0952. The number of aromatic hydroxyl groups is 3. The minimum Gasteiger partial charge on any atom is -0.508 e. The highest BCUT2D eigenvalue weighted by molar-refractivity contribution is 6.11. The molecule has 5 aromatic rings. The molecule has 0 fully saturated rings. The summed E-state index contributed by atoms with van der Waals surface area (Å²) in [7, 11) is 2.18. The van der Waals surface area contributed by atoms with Gasteiger partial charge in [-0.2, -0.15) is 0 Å². The maximum atomic E-state index is 15.2. The summed E-state index contributed by atoms with van der Waals surface area (Å²) < 4.78 is 40.5. The van der Waals surface area contributed by atoms with Crippen LogP contribution in [0.2, 0.25) is 0 Å². The zero-order valence-electron chi connectivity index (χ0n) is 32.2. The van der Waals surface area contributed by atoms with Gasteiger partial charge in [-0.15, -0.1) is 0 Å². The standard InChI is InChI=1S/C42H35F2N5O12/c1-20(16-21-4-10-25(50)11-5-21)38(54)47-23-8-6-22(7-9-23)39(55)45-19-32(51)46-24-17-28(43)33(29(44)18-24)41(57)49-31-14-12-26(34(52)36(31)60-2)40(56)48-30-15-13-27(42(58)59)35(53)37(30)61-3/h4-18,50,52-53H,19H2,1-3H3,(H,45,55)(H,46,51)(H,47,54)(H,48,56)(H,49,57)(H,58,59)/b20-16+. The molecule has 5 rings (SSSR count). The maximum Gasteiger partial charge on any atom is 0.339 e. The van der Waals surface area contributed by atoms with E-state index < -0.39 is 93.3 Å². The zero-order chi connectivity index (χ0) is 44.5. The van der Waals surface area contributed by atoms with E-state index in [2.05, 4.69) is 26.6 Å². The Balaban J connectivity index is 1.17. The highest BCUT2D eigenvalue weighted by atomic mass is 19.1. The Bertz CT molecular complexity index is 2570. The van der Waals surface area contributed by atoms with Gasteiger partial charge in [0.25, 0.3) is 23.6 Å². The fourth-order valence-corrected chi connectivity index (χ4v) is 5.63. The van der Waals surface area contributed by atoms with Gasteiger partial charge in [0, 0.05) is 22.5 Å². The number of phenolic OH excluding ortho intramolecular Hbond substituents is 2. The summed E-state index contributed by atoms with van der Waals surface area (Å²) in [5.74, 6) is -10.9. The van der Waals surface area contributed by atoms with Crippen molar-refractivity contribution < 1.29 is 67.4 Å². The van der Waals surface area contributed by atoms with Gasteiger partial charge in [-0.25, -0.2) is 13.6 Å². The lowest BCUT2D eigenvalue weighted by molar-refractivity contribution is -0.115. The second-order valence-corrected chi connectivity index (χ2v) is 12.8. The minimum absolute atomic E-state index is 0.0875. The number of methoxy groups -OCH3 is 2. The van der Waals surface area contributed by atoms with E-state index in [0.29, 0.717) is 29.0 Å². The second kappa shape index (κ2) is 18.9. The van der Waals surface area contributed by atoms with Crippen molar-refractivity contribution >= 4 is 64.3 Å². The summed E-state index contributed by atoms with van der Waals surface area (Å²) in [4.78, 5) is 75.3. The number of amides is 5. The van der Waals surface area contributed by atoms with E-state index in [9.17, 15) is 49.2 Å². The van der Waals surface area contributed by atoms with Crippen LogP contribution in [0.25, 0.3) is 6.08 Å². The Morgan fingerprint density at radius 1 is 0.639 bits per heavy atom. The van der Waals surface area contributed by atoms with Gasteiger partial charge in [0.05, 0.1) is 37.7 Å². The van der Waals surface area contributed by atoms with Crippen LogP contribution < -0.4 is 36.1 Å². The van der Waals surface area contributed by atoms with Crippen molar-refractivity contribution in [2.45, 2.75) is 6.92 Å². The third-order valence-corrected chi connectivity index (χ3v) is 8.64. The average Bonchev–Trinajstić information content (AvgIpc) is 3.20. The molecule has 17 nitrogen and oxygen atoms in total. The molecule has 0 saturated heterocycles. The molecule has 314 valence electrons. The molecule has 0 unspecified atom stereocenters. The molecule has 0 atom stereocenters. The van der Waals surface area contributed by atoms with Gasteiger partial charge in [0.15, 0.2) is 23.0 Å². The van der Waals surface area contributed by atoms with Gasteiger partial charge < -0.3 is 56.5 Å². The smallest absolute Gasteiger partial charge is 0.339 e. The van der Waals surface area contributed by atoms with E-state index in [1.54, 1.807) is 25.1 Å². The van der Waals surface area contributed by atoms with E-state index in [-0.39, 0.29) is 28.4 Å². The van der Waals surface area contributed by atoms with Gasteiger partial charge in [-0.05, 0) is 91.4 Å². The normalized spacial score (nSPS) is 10.9. The van der Waals surface area contributed by atoms with Crippen LogP contribution in [-0.4, -0.2) is 76.7 Å². The molecule has 61 heavy (non-hydrogen) atoms. The molecule has 0 spiro atoms. The van der Waals surface area contributed by atoms with Gasteiger partial charge in [0.2, 0.25) is 5.91 Å². The number of halogens is 2. The SMILES string of the molecule is COc1c(NC(=O)c2ccc(NC(=O)c3c(F)cc(NC(=O)CNC(=O)c4ccc(NC(=O)/C(C)=C/c5ccc(O)cc5)cc4)cc3F)c(OC)c2O)ccc(C(=O)O)c1O. The molecule has 0 aliphatic carbocycles. The van der Waals surface area contributed by atoms with Crippen molar-refractivity contribution in [2.24, 2.45) is 0 Å². The van der Waals surface area contributed by atoms with Gasteiger partial charge in [0.1, 0.15) is 28.5 Å². The molecule has 0 heterocycles. The van der Waals surface area contributed by atoms with Gasteiger partial charge >= 0.3 is 5.97 Å². The van der Waals surface area contributed by atoms with Crippen molar-refractivity contribution in [3.8, 4) is 28.7 Å². The lowest BCUT2D eigenvalue weighted by atomic mass is 10.1. The molecule has 19 heteroatoms. The predicted octanol–water partition coefficient (Wildman–Crippen LogP) is 5.71. The average molecular weight is 840 g/mol. The van der Waals surface area contributed by atoms with Crippen molar-refractivity contribution in [2.75, 3.05) is 42.0 Å². The molecule has 0 aliphatic heterocycles. The number of hydrogen-bond donors (Lipinski definition) is 9. The summed E-state index contributed by atoms with van der Waals surface area (Å²) >= 11 is 0. The number of carbonyl (C=O) groups is 6. The zero-order valence-corrected chi connectivity index (χ0v) is 32.2. The number of anilines is 4. The lowest BCUT2D eigenvalue weighted by Gasteiger charge is -2.16. The second-order valence-electron chi connectivity index (χ2n) is 12.8. The molecule has 0 saturated carbocycles. The highest BCUT2D eigenvalue weighted by Gasteiger charge is 2.26. The Morgan fingerprint density at radius 3 is 1.74 bits per heavy atom. The summed E-state index contributed by atoms with van der Waals surface area (Å²) in [5, 5.41) is 51.5. The predicted molar refractivity (Wildman–Crippen MR) is 216 cm³/mol. The molecular formula is C42H35F2N5O12. The molecule has 0 bridgehead atoms. The number of ether oxygens (including phenoxy) is 2. The first-order valence-corrected chi connectivity index (χ1v) is 17.6. The number of hydrogen-bond acceptors (Lipinski definition) is 11. The minimum atomic E-state index is -1.46.